The lowest BCUT2D eigenvalue weighted by molar-refractivity contribution is -0.132. The summed E-state index contributed by atoms with van der Waals surface area (Å²) in [7, 11) is 1.87. The molecule has 15 heavy (non-hydrogen) atoms. The normalized spacial score (nSPS) is 24.9. The standard InChI is InChI=1S/C12H20N2O/c1-3-4-8-12(15)14(2)11-7-5-6-10(11)9-13/h1,10-11H,4-9,13H2,2H3. The van der Waals surface area contributed by atoms with Gasteiger partial charge < -0.3 is 10.6 Å². The van der Waals surface area contributed by atoms with E-state index in [2.05, 4.69) is 5.92 Å². The molecule has 0 aromatic heterocycles. The molecule has 3 nitrogen and oxygen atoms in total. The summed E-state index contributed by atoms with van der Waals surface area (Å²) in [5.41, 5.74) is 5.69. The van der Waals surface area contributed by atoms with Crippen LogP contribution in [0.4, 0.5) is 0 Å². The predicted octanol–water partition coefficient (Wildman–Crippen LogP) is 0.986. The Balaban J connectivity index is 2.48. The minimum atomic E-state index is 0.151. The average Bonchev–Trinajstić information content (AvgIpc) is 2.72. The van der Waals surface area contributed by atoms with Gasteiger partial charge in [0.15, 0.2) is 0 Å². The molecular weight excluding hydrogens is 188 g/mol. The van der Waals surface area contributed by atoms with E-state index in [1.165, 1.54) is 6.42 Å². The molecule has 2 N–H and O–H groups in total. The highest BCUT2D eigenvalue weighted by molar-refractivity contribution is 5.76. The lowest BCUT2D eigenvalue weighted by atomic mass is 10.0. The summed E-state index contributed by atoms with van der Waals surface area (Å²) in [5.74, 6) is 3.12. The van der Waals surface area contributed by atoms with Crippen LogP contribution >= 0.6 is 0 Å². The van der Waals surface area contributed by atoms with E-state index in [9.17, 15) is 4.79 Å². The third kappa shape index (κ3) is 2.97. The second-order valence-corrected chi connectivity index (χ2v) is 4.20. The Morgan fingerprint density at radius 3 is 2.93 bits per heavy atom. The van der Waals surface area contributed by atoms with Gasteiger partial charge in [0.05, 0.1) is 0 Å². The van der Waals surface area contributed by atoms with Crippen LogP contribution in [0, 0.1) is 18.3 Å². The molecule has 0 spiro atoms. The van der Waals surface area contributed by atoms with Gasteiger partial charge in [0.2, 0.25) is 5.91 Å². The van der Waals surface area contributed by atoms with E-state index in [1.807, 2.05) is 11.9 Å². The third-order valence-electron chi connectivity index (χ3n) is 3.30. The quantitative estimate of drug-likeness (QED) is 0.700. The predicted molar refractivity (Wildman–Crippen MR) is 61.0 cm³/mol. The van der Waals surface area contributed by atoms with Crippen LogP contribution in [-0.2, 0) is 4.79 Å². The molecule has 3 heteroatoms. The number of hydrogen-bond acceptors (Lipinski definition) is 2. The maximum atomic E-state index is 11.7. The van der Waals surface area contributed by atoms with E-state index in [-0.39, 0.29) is 5.91 Å². The van der Waals surface area contributed by atoms with Crippen molar-refractivity contribution in [2.75, 3.05) is 13.6 Å². The van der Waals surface area contributed by atoms with Gasteiger partial charge in [0, 0.05) is 25.9 Å². The van der Waals surface area contributed by atoms with Crippen molar-refractivity contribution in [3.05, 3.63) is 0 Å². The molecule has 0 bridgehead atoms. The van der Waals surface area contributed by atoms with E-state index < -0.39 is 0 Å². The minimum absolute atomic E-state index is 0.151. The highest BCUT2D eigenvalue weighted by Gasteiger charge is 2.31. The largest absolute Gasteiger partial charge is 0.342 e. The van der Waals surface area contributed by atoms with Gasteiger partial charge in [0.25, 0.3) is 0 Å². The van der Waals surface area contributed by atoms with Gasteiger partial charge in [-0.05, 0) is 25.3 Å². The third-order valence-corrected chi connectivity index (χ3v) is 3.30. The van der Waals surface area contributed by atoms with E-state index in [0.717, 1.165) is 12.8 Å². The second-order valence-electron chi connectivity index (χ2n) is 4.20. The zero-order valence-electron chi connectivity index (χ0n) is 9.41. The highest BCUT2D eigenvalue weighted by Crippen LogP contribution is 2.28. The molecule has 0 saturated heterocycles. The highest BCUT2D eigenvalue weighted by atomic mass is 16.2. The van der Waals surface area contributed by atoms with Gasteiger partial charge in [-0.15, -0.1) is 12.3 Å². The van der Waals surface area contributed by atoms with Gasteiger partial charge >= 0.3 is 0 Å². The van der Waals surface area contributed by atoms with Crippen molar-refractivity contribution < 1.29 is 4.79 Å². The average molecular weight is 208 g/mol. The van der Waals surface area contributed by atoms with Crippen molar-refractivity contribution in [1.82, 2.24) is 4.90 Å². The van der Waals surface area contributed by atoms with Crippen LogP contribution in [-0.4, -0.2) is 30.4 Å². The molecule has 1 fully saturated rings. The smallest absolute Gasteiger partial charge is 0.223 e. The second kappa shape index (κ2) is 5.77. The first-order valence-electron chi connectivity index (χ1n) is 5.60. The molecule has 1 aliphatic rings. The molecule has 0 heterocycles. The Hall–Kier alpha value is -1.01. The maximum Gasteiger partial charge on any atom is 0.223 e. The van der Waals surface area contributed by atoms with Crippen LogP contribution in [0.15, 0.2) is 0 Å². The summed E-state index contributed by atoms with van der Waals surface area (Å²) in [6, 6.07) is 0.334. The van der Waals surface area contributed by atoms with E-state index in [1.54, 1.807) is 0 Å². The number of carbonyl (C=O) groups is 1. The Morgan fingerprint density at radius 1 is 1.60 bits per heavy atom. The monoisotopic (exact) mass is 208 g/mol. The fourth-order valence-electron chi connectivity index (χ4n) is 2.34. The topological polar surface area (TPSA) is 46.3 Å². The van der Waals surface area contributed by atoms with Crippen molar-refractivity contribution in [2.24, 2.45) is 11.7 Å². The summed E-state index contributed by atoms with van der Waals surface area (Å²) in [6.45, 7) is 0.678. The van der Waals surface area contributed by atoms with Gasteiger partial charge in [-0.1, -0.05) is 6.42 Å². The number of terminal acetylenes is 1. The fourth-order valence-corrected chi connectivity index (χ4v) is 2.34. The van der Waals surface area contributed by atoms with Crippen molar-refractivity contribution in [3.63, 3.8) is 0 Å². The number of rotatable bonds is 4. The summed E-state index contributed by atoms with van der Waals surface area (Å²) in [5, 5.41) is 0. The molecule has 1 saturated carbocycles. The lowest BCUT2D eigenvalue weighted by Crippen LogP contribution is -2.41. The Morgan fingerprint density at radius 2 is 2.33 bits per heavy atom. The molecule has 1 amide bonds. The lowest BCUT2D eigenvalue weighted by Gasteiger charge is -2.29. The number of amides is 1. The first kappa shape index (κ1) is 12.1. The summed E-state index contributed by atoms with van der Waals surface area (Å²) in [6.07, 6.45) is 9.54. The Kier molecular flexibility index (Phi) is 4.64. The van der Waals surface area contributed by atoms with Crippen molar-refractivity contribution in [1.29, 1.82) is 0 Å². The molecule has 0 aliphatic heterocycles. The van der Waals surface area contributed by atoms with Gasteiger partial charge in [-0.3, -0.25) is 4.79 Å². The number of nitrogens with two attached hydrogens (primary N) is 1. The SMILES string of the molecule is C#CCCC(=O)N(C)C1CCCC1CN. The van der Waals surface area contributed by atoms with Crippen molar-refractivity contribution >= 4 is 5.91 Å². The van der Waals surface area contributed by atoms with E-state index in [0.29, 0.717) is 31.3 Å². The van der Waals surface area contributed by atoms with Crippen LogP contribution in [0.25, 0.3) is 0 Å². The van der Waals surface area contributed by atoms with Crippen LogP contribution in [0.5, 0.6) is 0 Å². The number of hydrogen-bond donors (Lipinski definition) is 1. The van der Waals surface area contributed by atoms with Crippen LogP contribution in [0.1, 0.15) is 32.1 Å². The first-order valence-corrected chi connectivity index (χ1v) is 5.60. The maximum absolute atomic E-state index is 11.7. The number of nitrogens with zero attached hydrogens (tertiary/aromatic N) is 1. The van der Waals surface area contributed by atoms with Crippen LogP contribution in [0.3, 0.4) is 0 Å². The molecule has 1 aliphatic carbocycles. The first-order chi connectivity index (χ1) is 7.20. The molecule has 1 rings (SSSR count). The molecule has 2 unspecified atom stereocenters. The molecule has 84 valence electrons. The van der Waals surface area contributed by atoms with Crippen LogP contribution < -0.4 is 5.73 Å². The van der Waals surface area contributed by atoms with Gasteiger partial charge in [0.1, 0.15) is 0 Å². The summed E-state index contributed by atoms with van der Waals surface area (Å²) >= 11 is 0. The minimum Gasteiger partial charge on any atom is -0.342 e. The van der Waals surface area contributed by atoms with Crippen molar-refractivity contribution in [3.8, 4) is 12.3 Å². The summed E-state index contributed by atoms with van der Waals surface area (Å²) in [4.78, 5) is 13.6. The van der Waals surface area contributed by atoms with Crippen LogP contribution in [0.2, 0.25) is 0 Å². The Bertz CT molecular complexity index is 257. The molecule has 2 atom stereocenters. The zero-order valence-corrected chi connectivity index (χ0v) is 9.41. The molecule has 0 aromatic carbocycles. The fraction of sp³-hybridized carbons (Fsp3) is 0.750. The molecular formula is C12H20N2O. The van der Waals surface area contributed by atoms with E-state index in [4.69, 9.17) is 12.2 Å². The summed E-state index contributed by atoms with van der Waals surface area (Å²) < 4.78 is 0. The van der Waals surface area contributed by atoms with Gasteiger partial charge in [-0.25, -0.2) is 0 Å². The Labute approximate surface area is 92.0 Å². The zero-order chi connectivity index (χ0) is 11.3. The van der Waals surface area contributed by atoms with E-state index >= 15 is 0 Å². The molecule has 0 radical (unpaired) electrons. The number of carbonyl (C=O) groups excluding carboxylic acids is 1. The van der Waals surface area contributed by atoms with Gasteiger partial charge in [-0.2, -0.15) is 0 Å². The van der Waals surface area contributed by atoms with Crippen molar-refractivity contribution in [2.45, 2.75) is 38.1 Å². The molecule has 0 aromatic rings.